The fraction of sp³-hybridized carbons (Fsp3) is 0.529. The van der Waals surface area contributed by atoms with Gasteiger partial charge >= 0.3 is 0 Å². The third-order valence-electron chi connectivity index (χ3n) is 4.60. The number of carbonyl (C=O) groups excluding carboxylic acids is 1. The third-order valence-corrected chi connectivity index (χ3v) is 4.60. The van der Waals surface area contributed by atoms with Gasteiger partial charge in [-0.15, -0.1) is 0 Å². The molecule has 0 bridgehead atoms. The van der Waals surface area contributed by atoms with E-state index in [2.05, 4.69) is 39.1 Å². The van der Waals surface area contributed by atoms with Gasteiger partial charge < -0.3 is 15.2 Å². The van der Waals surface area contributed by atoms with Crippen molar-refractivity contribution in [2.45, 2.75) is 45.8 Å². The highest BCUT2D eigenvalue weighted by Gasteiger charge is 2.34. The molecule has 0 radical (unpaired) electrons. The first-order chi connectivity index (χ1) is 11.6. The number of amides is 1. The lowest BCUT2D eigenvalue weighted by atomic mass is 10.0. The van der Waals surface area contributed by atoms with Crippen LogP contribution in [0.2, 0.25) is 0 Å². The van der Waals surface area contributed by atoms with E-state index in [4.69, 9.17) is 0 Å². The molecule has 0 saturated heterocycles. The Morgan fingerprint density at radius 1 is 1.38 bits per heavy atom. The van der Waals surface area contributed by atoms with Gasteiger partial charge in [-0.05, 0) is 5.92 Å². The van der Waals surface area contributed by atoms with E-state index in [9.17, 15) is 4.79 Å². The highest BCUT2D eigenvalue weighted by molar-refractivity contribution is 5.83. The van der Waals surface area contributed by atoms with E-state index >= 15 is 0 Å². The third kappa shape index (κ3) is 2.69. The van der Waals surface area contributed by atoms with Gasteiger partial charge in [0.1, 0.15) is 11.9 Å². The Hall–Kier alpha value is -2.28. The maximum Gasteiger partial charge on any atom is 0.246 e. The summed E-state index contributed by atoms with van der Waals surface area (Å²) in [4.78, 5) is 31.4. The average Bonchev–Trinajstić information content (AvgIpc) is 3.19. The van der Waals surface area contributed by atoms with E-state index < -0.39 is 0 Å². The summed E-state index contributed by atoms with van der Waals surface area (Å²) in [6.45, 7) is 6.23. The van der Waals surface area contributed by atoms with E-state index in [1.807, 2.05) is 11.1 Å². The van der Waals surface area contributed by atoms with Crippen molar-refractivity contribution in [3.63, 3.8) is 0 Å². The molecular weight excluding hydrogens is 304 g/mol. The van der Waals surface area contributed by atoms with E-state index in [0.29, 0.717) is 19.0 Å². The topological polar surface area (TPSA) is 86.8 Å². The van der Waals surface area contributed by atoms with Crippen molar-refractivity contribution in [1.29, 1.82) is 0 Å². The smallest absolute Gasteiger partial charge is 0.246 e. The van der Waals surface area contributed by atoms with Crippen molar-refractivity contribution in [2.24, 2.45) is 5.92 Å². The van der Waals surface area contributed by atoms with Gasteiger partial charge in [0, 0.05) is 43.4 Å². The first-order valence-corrected chi connectivity index (χ1v) is 8.50. The van der Waals surface area contributed by atoms with Crippen molar-refractivity contribution < 1.29 is 4.79 Å². The second-order valence-corrected chi connectivity index (χ2v) is 6.95. The molecule has 24 heavy (non-hydrogen) atoms. The number of imidazole rings is 1. The van der Waals surface area contributed by atoms with Crippen LogP contribution in [0.5, 0.6) is 0 Å². The molecule has 2 aliphatic heterocycles. The number of fused-ring (bicyclic) bond motifs is 2. The normalized spacial score (nSPS) is 19.5. The molecule has 0 saturated carbocycles. The van der Waals surface area contributed by atoms with Crippen LogP contribution in [-0.2, 0) is 30.7 Å². The van der Waals surface area contributed by atoms with Crippen LogP contribution in [0.3, 0.4) is 0 Å². The first kappa shape index (κ1) is 15.3. The molecule has 7 heteroatoms. The lowest BCUT2D eigenvalue weighted by molar-refractivity contribution is -0.134. The zero-order valence-electron chi connectivity index (χ0n) is 14.0. The van der Waals surface area contributed by atoms with Gasteiger partial charge in [-0.25, -0.2) is 15.0 Å². The summed E-state index contributed by atoms with van der Waals surface area (Å²) in [6.07, 6.45) is 5.29. The number of carbonyl (C=O) groups is 1. The first-order valence-electron chi connectivity index (χ1n) is 8.50. The molecule has 0 aliphatic carbocycles. The van der Waals surface area contributed by atoms with E-state index in [0.717, 1.165) is 47.9 Å². The molecule has 1 atom stereocenters. The van der Waals surface area contributed by atoms with Gasteiger partial charge in [-0.2, -0.15) is 0 Å². The molecular formula is C17H22N6O. The van der Waals surface area contributed by atoms with E-state index in [1.165, 1.54) is 0 Å². The largest absolute Gasteiger partial charge is 0.348 e. The van der Waals surface area contributed by atoms with Gasteiger partial charge in [-0.1, -0.05) is 13.8 Å². The zero-order valence-corrected chi connectivity index (χ0v) is 14.0. The summed E-state index contributed by atoms with van der Waals surface area (Å²) in [6, 6.07) is -0.364. The van der Waals surface area contributed by atoms with Crippen LogP contribution in [0.1, 0.15) is 48.4 Å². The number of nitrogens with zero attached hydrogens (tertiary/aromatic N) is 4. The highest BCUT2D eigenvalue weighted by atomic mass is 16.2. The summed E-state index contributed by atoms with van der Waals surface area (Å²) in [5, 5.41) is 3.29. The zero-order chi connectivity index (χ0) is 16.7. The Kier molecular flexibility index (Phi) is 3.80. The highest BCUT2D eigenvalue weighted by Crippen LogP contribution is 2.27. The van der Waals surface area contributed by atoms with Gasteiger partial charge in [0.15, 0.2) is 0 Å². The fourth-order valence-corrected chi connectivity index (χ4v) is 3.42. The Balaban J connectivity index is 1.52. The predicted molar refractivity (Wildman–Crippen MR) is 87.9 cm³/mol. The van der Waals surface area contributed by atoms with Crippen molar-refractivity contribution in [3.05, 3.63) is 41.0 Å². The molecule has 2 N–H and O–H groups in total. The van der Waals surface area contributed by atoms with Crippen molar-refractivity contribution in [3.8, 4) is 0 Å². The maximum atomic E-state index is 13.0. The van der Waals surface area contributed by atoms with Gasteiger partial charge in [0.05, 0.1) is 24.3 Å². The number of aromatic nitrogens is 4. The Bertz CT molecular complexity index is 768. The molecule has 7 nitrogen and oxygen atoms in total. The van der Waals surface area contributed by atoms with E-state index in [-0.39, 0.29) is 11.9 Å². The monoisotopic (exact) mass is 326 g/mol. The fourth-order valence-electron chi connectivity index (χ4n) is 3.42. The van der Waals surface area contributed by atoms with Gasteiger partial charge in [0.25, 0.3) is 0 Å². The Morgan fingerprint density at radius 2 is 2.25 bits per heavy atom. The lowest BCUT2D eigenvalue weighted by Crippen LogP contribution is -2.42. The lowest BCUT2D eigenvalue weighted by Gasteiger charge is -2.26. The molecule has 0 unspecified atom stereocenters. The number of rotatable bonds is 3. The SMILES string of the molecule is CC(C)Cc1ncc2c(n1)CN(C(=O)[C@H]1NCCc3[nH]cnc31)C2. The second kappa shape index (κ2) is 5.98. The van der Waals surface area contributed by atoms with E-state index in [1.54, 1.807) is 6.33 Å². The number of nitrogens with one attached hydrogen (secondary N) is 2. The molecule has 2 aromatic heterocycles. The summed E-state index contributed by atoms with van der Waals surface area (Å²) < 4.78 is 0. The van der Waals surface area contributed by atoms with Crippen LogP contribution in [0.4, 0.5) is 0 Å². The molecule has 4 rings (SSSR count). The summed E-state index contributed by atoms with van der Waals surface area (Å²) in [7, 11) is 0. The summed E-state index contributed by atoms with van der Waals surface area (Å²) >= 11 is 0. The Morgan fingerprint density at radius 3 is 3.08 bits per heavy atom. The molecule has 0 aromatic carbocycles. The van der Waals surface area contributed by atoms with Crippen LogP contribution in [0.25, 0.3) is 0 Å². The quantitative estimate of drug-likeness (QED) is 0.883. The summed E-state index contributed by atoms with van der Waals surface area (Å²) in [5.41, 5.74) is 3.91. The predicted octanol–water partition coefficient (Wildman–Crippen LogP) is 1.13. The maximum absolute atomic E-state index is 13.0. The average molecular weight is 326 g/mol. The molecule has 1 amide bonds. The summed E-state index contributed by atoms with van der Waals surface area (Å²) in [5.74, 6) is 1.45. The van der Waals surface area contributed by atoms with Crippen LogP contribution >= 0.6 is 0 Å². The second-order valence-electron chi connectivity index (χ2n) is 6.95. The number of aromatic amines is 1. The molecule has 2 aliphatic rings. The molecule has 126 valence electrons. The van der Waals surface area contributed by atoms with Gasteiger partial charge in [0.2, 0.25) is 5.91 Å². The minimum absolute atomic E-state index is 0.0615. The number of hydrogen-bond donors (Lipinski definition) is 2. The van der Waals surface area contributed by atoms with Crippen LogP contribution in [-0.4, -0.2) is 37.3 Å². The van der Waals surface area contributed by atoms with Crippen LogP contribution in [0, 0.1) is 5.92 Å². The molecule has 4 heterocycles. The van der Waals surface area contributed by atoms with Gasteiger partial charge in [-0.3, -0.25) is 4.79 Å². The van der Waals surface area contributed by atoms with Crippen molar-refractivity contribution in [1.82, 2.24) is 30.2 Å². The standard InChI is InChI=1S/C17H22N6O/c1-10(2)5-14-19-6-11-7-23(8-13(11)22-14)17(24)16-15-12(3-4-18-16)20-9-21-15/h6,9-10,16,18H,3-5,7-8H2,1-2H3,(H,20,21)/t16-/m0/s1. The number of H-pyrrole nitrogens is 1. The minimum atomic E-state index is -0.364. The molecule has 0 spiro atoms. The van der Waals surface area contributed by atoms with Crippen LogP contribution < -0.4 is 5.32 Å². The minimum Gasteiger partial charge on any atom is -0.348 e. The van der Waals surface area contributed by atoms with Crippen molar-refractivity contribution >= 4 is 5.91 Å². The molecule has 2 aromatic rings. The molecule has 0 fully saturated rings. The Labute approximate surface area is 140 Å². The van der Waals surface area contributed by atoms with Crippen LogP contribution in [0.15, 0.2) is 12.5 Å². The van der Waals surface area contributed by atoms with Crippen molar-refractivity contribution in [2.75, 3.05) is 6.54 Å². The number of hydrogen-bond acceptors (Lipinski definition) is 5.